The van der Waals surface area contributed by atoms with Gasteiger partial charge in [0.1, 0.15) is 17.9 Å². The van der Waals surface area contributed by atoms with Crippen LogP contribution >= 0.6 is 0 Å². The molecule has 2 aromatic rings. The zero-order valence-electron chi connectivity index (χ0n) is 22.4. The number of amides is 1. The van der Waals surface area contributed by atoms with E-state index in [9.17, 15) is 19.5 Å². The molecule has 0 aliphatic carbocycles. The van der Waals surface area contributed by atoms with Gasteiger partial charge in [-0.05, 0) is 43.9 Å². The van der Waals surface area contributed by atoms with Crippen molar-refractivity contribution in [3.05, 3.63) is 65.7 Å². The molecule has 2 unspecified atom stereocenters. The first-order chi connectivity index (χ1) is 17.8. The van der Waals surface area contributed by atoms with Gasteiger partial charge in [0, 0.05) is 25.1 Å². The lowest BCUT2D eigenvalue weighted by molar-refractivity contribution is -0.176. The van der Waals surface area contributed by atoms with Gasteiger partial charge in [-0.1, -0.05) is 68.8 Å². The monoisotopic (exact) mass is 517 g/mol. The van der Waals surface area contributed by atoms with Crippen molar-refractivity contribution in [3.8, 4) is 0 Å². The summed E-state index contributed by atoms with van der Waals surface area (Å²) < 4.78 is 0. The zero-order valence-corrected chi connectivity index (χ0v) is 22.4. The molecule has 0 spiro atoms. The fraction of sp³-hybridized carbons (Fsp3) is 0.464. The molecule has 0 aromatic heterocycles. The van der Waals surface area contributed by atoms with Gasteiger partial charge in [-0.3, -0.25) is 20.1 Å². The summed E-state index contributed by atoms with van der Waals surface area (Å²) in [7, 11) is 0. The minimum atomic E-state index is -1.01. The van der Waals surface area contributed by atoms with E-state index in [1.54, 1.807) is 0 Å². The number of ketones is 1. The molecule has 6 N–H and O–H groups in total. The van der Waals surface area contributed by atoms with E-state index in [2.05, 4.69) is 10.2 Å². The fourth-order valence-corrected chi connectivity index (χ4v) is 3.78. The number of aryl methyl sites for hydroxylation is 1. The summed E-state index contributed by atoms with van der Waals surface area (Å²) in [6.07, 6.45) is 3.48. The number of rotatable bonds is 9. The van der Waals surface area contributed by atoms with Gasteiger partial charge in [-0.2, -0.15) is 0 Å². The van der Waals surface area contributed by atoms with Gasteiger partial charge >= 0.3 is 5.97 Å². The molecule has 0 radical (unpaired) electrons. The Morgan fingerprint density at radius 1 is 1.05 bits per heavy atom. The van der Waals surface area contributed by atoms with E-state index < -0.39 is 12.0 Å². The van der Waals surface area contributed by atoms with Crippen molar-refractivity contribution in [2.45, 2.75) is 71.9 Å². The molecule has 37 heavy (non-hydrogen) atoms. The van der Waals surface area contributed by atoms with E-state index in [0.717, 1.165) is 42.6 Å². The SMILES string of the molecule is CC.CCCC(=O)CN.Cc1ccc(CC(NC(=O)C2CCCN2c2ccccc2)C(=O)O)cc1.OO. The number of carbonyl (C=O) groups is 3. The number of carboxylic acid groups (broad SMARTS) is 1. The molecule has 206 valence electrons. The standard InChI is InChI=1S/C21H24N2O3.C5H11NO.C2H6.H2O2/c1-15-9-11-16(12-10-15)14-18(21(25)26)22-20(24)19-8-5-13-23(19)17-6-3-2-4-7-17;1-2-3-5(7)4-6;2*1-2/h2-4,6-7,9-12,18-19H,5,8,13-14H2,1H3,(H,22,24)(H,25,26);2-4,6H2,1H3;1-2H3;1-2H. The molecule has 1 saturated heterocycles. The Hall–Kier alpha value is -3.27. The van der Waals surface area contributed by atoms with E-state index >= 15 is 0 Å². The third-order valence-corrected chi connectivity index (χ3v) is 5.57. The highest BCUT2D eigenvalue weighted by atomic mass is 17.0. The van der Waals surface area contributed by atoms with Gasteiger partial charge in [0.25, 0.3) is 0 Å². The highest BCUT2D eigenvalue weighted by Gasteiger charge is 2.33. The van der Waals surface area contributed by atoms with Crippen molar-refractivity contribution < 1.29 is 30.0 Å². The molecule has 3 rings (SSSR count). The number of carboxylic acids is 1. The molecule has 0 bridgehead atoms. The molecule has 1 aliphatic rings. The number of nitrogens with one attached hydrogen (secondary N) is 1. The number of Topliss-reactive ketones (excluding diaryl/α,β-unsaturated/α-hetero) is 1. The summed E-state index contributed by atoms with van der Waals surface area (Å²) >= 11 is 0. The molecule has 9 heteroatoms. The first-order valence-electron chi connectivity index (χ1n) is 12.7. The van der Waals surface area contributed by atoms with Crippen LogP contribution < -0.4 is 16.0 Å². The minimum absolute atomic E-state index is 0.155. The van der Waals surface area contributed by atoms with E-state index in [-0.39, 0.29) is 30.7 Å². The number of aliphatic carboxylic acids is 1. The Morgan fingerprint density at radius 2 is 1.65 bits per heavy atom. The van der Waals surface area contributed by atoms with E-state index in [0.29, 0.717) is 6.42 Å². The van der Waals surface area contributed by atoms with Crippen molar-refractivity contribution >= 4 is 23.3 Å². The largest absolute Gasteiger partial charge is 0.480 e. The maximum Gasteiger partial charge on any atom is 0.326 e. The maximum atomic E-state index is 12.8. The van der Waals surface area contributed by atoms with Crippen LogP contribution in [0.1, 0.15) is 57.6 Å². The van der Waals surface area contributed by atoms with Crippen LogP contribution in [-0.2, 0) is 20.8 Å². The van der Waals surface area contributed by atoms with Crippen molar-refractivity contribution in [1.82, 2.24) is 5.32 Å². The van der Waals surface area contributed by atoms with Crippen LogP contribution in [0, 0.1) is 6.92 Å². The average molecular weight is 518 g/mol. The number of hydrogen-bond donors (Lipinski definition) is 5. The van der Waals surface area contributed by atoms with Crippen molar-refractivity contribution in [2.75, 3.05) is 18.0 Å². The number of hydrogen-bond acceptors (Lipinski definition) is 7. The molecule has 9 nitrogen and oxygen atoms in total. The summed E-state index contributed by atoms with van der Waals surface area (Å²) in [5.74, 6) is -1.07. The van der Waals surface area contributed by atoms with Crippen LogP contribution in [0.25, 0.3) is 0 Å². The number of anilines is 1. The van der Waals surface area contributed by atoms with Gasteiger partial charge in [-0.15, -0.1) is 0 Å². The number of carbonyl (C=O) groups excluding carboxylic acids is 2. The summed E-state index contributed by atoms with van der Waals surface area (Å²) in [4.78, 5) is 36.8. The molecule has 0 saturated carbocycles. The number of para-hydroxylation sites is 1. The van der Waals surface area contributed by atoms with Gasteiger partial charge in [0.15, 0.2) is 0 Å². The lowest BCUT2D eigenvalue weighted by atomic mass is 10.0. The van der Waals surface area contributed by atoms with Crippen LogP contribution in [0.3, 0.4) is 0 Å². The zero-order chi connectivity index (χ0) is 28.2. The van der Waals surface area contributed by atoms with Gasteiger partial charge < -0.3 is 21.1 Å². The number of nitrogens with two attached hydrogens (primary N) is 1. The summed E-state index contributed by atoms with van der Waals surface area (Å²) in [5, 5.41) is 24.3. The quantitative estimate of drug-likeness (QED) is 0.246. The molecule has 2 aromatic carbocycles. The lowest BCUT2D eigenvalue weighted by Crippen LogP contribution is -2.50. The molecule has 1 amide bonds. The van der Waals surface area contributed by atoms with Crippen LogP contribution in [-0.4, -0.2) is 58.5 Å². The van der Waals surface area contributed by atoms with Gasteiger partial charge in [-0.25, -0.2) is 4.79 Å². The number of nitrogens with zero attached hydrogens (tertiary/aromatic N) is 1. The average Bonchev–Trinajstić information content (AvgIpc) is 3.43. The lowest BCUT2D eigenvalue weighted by Gasteiger charge is -2.27. The molecule has 1 heterocycles. The summed E-state index contributed by atoms with van der Waals surface area (Å²) in [6, 6.07) is 16.2. The van der Waals surface area contributed by atoms with Crippen molar-refractivity contribution in [3.63, 3.8) is 0 Å². The summed E-state index contributed by atoms with van der Waals surface area (Å²) in [6.45, 7) is 8.96. The van der Waals surface area contributed by atoms with Crippen molar-refractivity contribution in [2.24, 2.45) is 5.73 Å². The van der Waals surface area contributed by atoms with Gasteiger partial charge in [0.05, 0.1) is 6.54 Å². The van der Waals surface area contributed by atoms with Gasteiger partial charge in [0.2, 0.25) is 5.91 Å². The minimum Gasteiger partial charge on any atom is -0.480 e. The second kappa shape index (κ2) is 19.9. The molecule has 2 atom stereocenters. The predicted octanol–water partition coefficient (Wildman–Crippen LogP) is 4.13. The third-order valence-electron chi connectivity index (χ3n) is 5.57. The Morgan fingerprint density at radius 3 is 2.14 bits per heavy atom. The summed E-state index contributed by atoms with van der Waals surface area (Å²) in [5.41, 5.74) is 8.02. The van der Waals surface area contributed by atoms with Crippen LogP contribution in [0.5, 0.6) is 0 Å². The number of benzene rings is 2. The Balaban J connectivity index is 0.00000101. The normalized spacial score (nSPS) is 14.5. The van der Waals surface area contributed by atoms with Crippen LogP contribution in [0.4, 0.5) is 5.69 Å². The first kappa shape index (κ1) is 33.7. The molecule has 1 fully saturated rings. The Labute approximate surface area is 220 Å². The van der Waals surface area contributed by atoms with Crippen LogP contribution in [0.2, 0.25) is 0 Å². The second-order valence-electron chi connectivity index (χ2n) is 8.27. The third kappa shape index (κ3) is 12.5. The highest BCUT2D eigenvalue weighted by Crippen LogP contribution is 2.25. The van der Waals surface area contributed by atoms with Crippen molar-refractivity contribution in [1.29, 1.82) is 0 Å². The van der Waals surface area contributed by atoms with E-state index in [1.165, 1.54) is 0 Å². The first-order valence-corrected chi connectivity index (χ1v) is 12.7. The molecular formula is C28H43N3O6. The highest BCUT2D eigenvalue weighted by molar-refractivity contribution is 5.89. The molecular weight excluding hydrogens is 474 g/mol. The topological polar surface area (TPSA) is 153 Å². The predicted molar refractivity (Wildman–Crippen MR) is 147 cm³/mol. The van der Waals surface area contributed by atoms with E-state index in [4.69, 9.17) is 16.2 Å². The smallest absolute Gasteiger partial charge is 0.326 e. The fourth-order valence-electron chi connectivity index (χ4n) is 3.78. The Kier molecular flexibility index (Phi) is 18.1. The second-order valence-corrected chi connectivity index (χ2v) is 8.27. The molecule has 1 aliphatic heterocycles. The van der Waals surface area contributed by atoms with Crippen LogP contribution in [0.15, 0.2) is 54.6 Å². The van der Waals surface area contributed by atoms with E-state index in [1.807, 2.05) is 82.3 Å². The maximum absolute atomic E-state index is 12.8. The Bertz CT molecular complexity index is 906.